The second-order valence-corrected chi connectivity index (χ2v) is 12.3. The van der Waals surface area contributed by atoms with Crippen LogP contribution in [0.15, 0.2) is 36.4 Å². The fourth-order valence-electron chi connectivity index (χ4n) is 4.99. The number of halogens is 2. The Labute approximate surface area is 221 Å². The van der Waals surface area contributed by atoms with Crippen LogP contribution in [-0.2, 0) is 27.1 Å². The fraction of sp³-hybridized carbons (Fsp3) is 0.480. The molecular weight excluding hydrogens is 525 g/mol. The summed E-state index contributed by atoms with van der Waals surface area (Å²) in [5.41, 5.74) is 1.69. The van der Waals surface area contributed by atoms with Crippen molar-refractivity contribution in [1.29, 1.82) is 0 Å². The van der Waals surface area contributed by atoms with Crippen LogP contribution < -0.4 is 9.47 Å². The highest BCUT2D eigenvalue weighted by atomic mass is 35.5. The van der Waals surface area contributed by atoms with Crippen molar-refractivity contribution in [1.82, 2.24) is 14.1 Å². The predicted molar refractivity (Wildman–Crippen MR) is 138 cm³/mol. The number of hydrogen-bond acceptors (Lipinski definition) is 6. The summed E-state index contributed by atoms with van der Waals surface area (Å²) < 4.78 is 38.2. The van der Waals surface area contributed by atoms with Crippen LogP contribution in [0.2, 0.25) is 10.0 Å². The molecule has 3 heterocycles. The number of carbonyl (C=O) groups is 1. The van der Waals surface area contributed by atoms with Crippen molar-refractivity contribution < 1.29 is 22.7 Å². The molecule has 2 saturated heterocycles. The van der Waals surface area contributed by atoms with E-state index in [-0.39, 0.29) is 24.4 Å². The number of hydrogen-bond donors (Lipinski definition) is 0. The maximum atomic E-state index is 13.1. The average molecular weight is 554 g/mol. The van der Waals surface area contributed by atoms with Gasteiger partial charge in [0.1, 0.15) is 0 Å². The highest BCUT2D eigenvalue weighted by Crippen LogP contribution is 2.33. The van der Waals surface area contributed by atoms with Crippen molar-refractivity contribution in [3.8, 4) is 11.5 Å². The zero-order valence-corrected chi connectivity index (χ0v) is 22.2. The summed E-state index contributed by atoms with van der Waals surface area (Å²) in [4.78, 5) is 17.4. The Morgan fingerprint density at radius 1 is 0.917 bits per heavy atom. The van der Waals surface area contributed by atoms with Crippen LogP contribution in [0.3, 0.4) is 0 Å². The lowest BCUT2D eigenvalue weighted by Crippen LogP contribution is -2.51. The normalized spacial score (nSPS) is 19.6. The van der Waals surface area contributed by atoms with E-state index in [0.29, 0.717) is 54.6 Å². The molecule has 5 rings (SSSR count). The Hall–Kier alpha value is -2.04. The molecule has 2 aromatic rings. The molecule has 0 saturated carbocycles. The Morgan fingerprint density at radius 3 is 2.36 bits per heavy atom. The summed E-state index contributed by atoms with van der Waals surface area (Å²) in [5.74, 6) is 1.38. The van der Waals surface area contributed by atoms with Crippen LogP contribution in [0.1, 0.15) is 24.0 Å². The molecule has 2 fully saturated rings. The van der Waals surface area contributed by atoms with Crippen LogP contribution in [0, 0.1) is 5.92 Å². The van der Waals surface area contributed by atoms with Crippen LogP contribution in [0.5, 0.6) is 11.5 Å². The summed E-state index contributed by atoms with van der Waals surface area (Å²) in [5, 5.41) is 0.808. The minimum atomic E-state index is -3.53. The third-order valence-electron chi connectivity index (χ3n) is 7.08. The predicted octanol–water partition coefficient (Wildman–Crippen LogP) is 3.61. The molecule has 3 aliphatic heterocycles. The first-order valence-corrected chi connectivity index (χ1v) is 14.5. The van der Waals surface area contributed by atoms with Crippen molar-refractivity contribution in [3.05, 3.63) is 57.6 Å². The molecule has 194 valence electrons. The van der Waals surface area contributed by atoms with E-state index in [1.807, 2.05) is 23.1 Å². The minimum Gasteiger partial charge on any atom is -0.454 e. The van der Waals surface area contributed by atoms with E-state index in [9.17, 15) is 13.2 Å². The number of carbonyl (C=O) groups excluding carboxylic acids is 1. The molecule has 0 aliphatic carbocycles. The molecule has 0 radical (unpaired) electrons. The van der Waals surface area contributed by atoms with Gasteiger partial charge >= 0.3 is 0 Å². The number of amides is 1. The molecule has 0 atom stereocenters. The lowest BCUT2D eigenvalue weighted by molar-refractivity contribution is -0.138. The van der Waals surface area contributed by atoms with Crippen molar-refractivity contribution in [2.75, 3.05) is 46.1 Å². The number of piperidine rings is 1. The lowest BCUT2D eigenvalue weighted by atomic mass is 9.96. The monoisotopic (exact) mass is 553 g/mol. The topological polar surface area (TPSA) is 79.4 Å². The zero-order chi connectivity index (χ0) is 25.3. The Kier molecular flexibility index (Phi) is 7.65. The van der Waals surface area contributed by atoms with Gasteiger partial charge < -0.3 is 14.4 Å². The summed E-state index contributed by atoms with van der Waals surface area (Å²) in [6.45, 7) is 4.70. The molecule has 2 aromatic carbocycles. The van der Waals surface area contributed by atoms with Crippen molar-refractivity contribution >= 4 is 39.1 Å². The molecule has 0 bridgehead atoms. The van der Waals surface area contributed by atoms with Gasteiger partial charge in [-0.25, -0.2) is 12.7 Å². The zero-order valence-electron chi connectivity index (χ0n) is 19.9. The Bertz CT molecular complexity index is 1230. The van der Waals surface area contributed by atoms with Crippen LogP contribution in [0.4, 0.5) is 0 Å². The first kappa shape index (κ1) is 25.6. The number of nitrogens with zero attached hydrogens (tertiary/aromatic N) is 3. The van der Waals surface area contributed by atoms with E-state index >= 15 is 0 Å². The second kappa shape index (κ2) is 10.8. The number of fused-ring (bicyclic) bond motifs is 1. The van der Waals surface area contributed by atoms with Gasteiger partial charge in [-0.15, -0.1) is 0 Å². The number of benzene rings is 2. The van der Waals surface area contributed by atoms with E-state index in [2.05, 4.69) is 4.90 Å². The molecule has 1 amide bonds. The Morgan fingerprint density at radius 2 is 1.64 bits per heavy atom. The SMILES string of the molecule is O=C(C1CCN(S(=O)(=O)Cc2ccc(Cl)cc2Cl)CC1)N1CCN(Cc2ccc3c(c2)OCO3)CC1. The van der Waals surface area contributed by atoms with Crippen molar-refractivity contribution in [2.24, 2.45) is 5.92 Å². The quantitative estimate of drug-likeness (QED) is 0.543. The molecule has 8 nitrogen and oxygen atoms in total. The maximum absolute atomic E-state index is 13.1. The van der Waals surface area contributed by atoms with Crippen LogP contribution in [-0.4, -0.2) is 74.5 Å². The number of piperazine rings is 1. The minimum absolute atomic E-state index is 0.135. The van der Waals surface area contributed by atoms with Gasteiger partial charge in [0.25, 0.3) is 0 Å². The number of rotatable bonds is 6. The van der Waals surface area contributed by atoms with Crippen LogP contribution >= 0.6 is 23.2 Å². The molecule has 11 heteroatoms. The summed E-state index contributed by atoms with van der Waals surface area (Å²) in [6, 6.07) is 10.8. The highest BCUT2D eigenvalue weighted by molar-refractivity contribution is 7.88. The second-order valence-electron chi connectivity index (χ2n) is 9.45. The lowest BCUT2D eigenvalue weighted by Gasteiger charge is -2.38. The molecule has 0 aromatic heterocycles. The molecule has 3 aliphatic rings. The molecule has 0 spiro atoms. The van der Waals surface area contributed by atoms with Crippen molar-refractivity contribution in [3.63, 3.8) is 0 Å². The maximum Gasteiger partial charge on any atom is 0.231 e. The van der Waals surface area contributed by atoms with Gasteiger partial charge in [0.15, 0.2) is 11.5 Å². The summed E-state index contributed by atoms with van der Waals surface area (Å²) >= 11 is 12.1. The van der Waals surface area contributed by atoms with Crippen LogP contribution in [0.25, 0.3) is 0 Å². The smallest absolute Gasteiger partial charge is 0.231 e. The fourth-order valence-corrected chi connectivity index (χ4v) is 7.14. The van der Waals surface area contributed by atoms with Crippen molar-refractivity contribution in [2.45, 2.75) is 25.1 Å². The summed E-state index contributed by atoms with van der Waals surface area (Å²) in [6.07, 6.45) is 1.06. The van der Waals surface area contributed by atoms with Gasteiger partial charge in [-0.1, -0.05) is 35.3 Å². The molecular formula is C25H29Cl2N3O5S. The van der Waals surface area contributed by atoms with Gasteiger partial charge in [0.05, 0.1) is 5.75 Å². The largest absolute Gasteiger partial charge is 0.454 e. The summed E-state index contributed by atoms with van der Waals surface area (Å²) in [7, 11) is -3.53. The van der Waals surface area contributed by atoms with Gasteiger partial charge in [0.2, 0.25) is 22.7 Å². The third-order valence-corrected chi connectivity index (χ3v) is 9.49. The third kappa shape index (κ3) is 5.75. The molecule has 36 heavy (non-hydrogen) atoms. The molecule has 0 N–H and O–H groups in total. The van der Waals surface area contributed by atoms with E-state index in [0.717, 1.165) is 36.7 Å². The number of ether oxygens (including phenoxy) is 2. The van der Waals surface area contributed by atoms with E-state index in [4.69, 9.17) is 32.7 Å². The average Bonchev–Trinajstić information content (AvgIpc) is 3.34. The first-order valence-electron chi connectivity index (χ1n) is 12.1. The first-order chi connectivity index (χ1) is 17.3. The molecule has 0 unspecified atom stereocenters. The van der Waals surface area contributed by atoms with E-state index in [1.165, 1.54) is 4.31 Å². The van der Waals surface area contributed by atoms with Gasteiger partial charge in [-0.3, -0.25) is 9.69 Å². The Balaban J connectivity index is 1.09. The van der Waals surface area contributed by atoms with E-state index < -0.39 is 10.0 Å². The van der Waals surface area contributed by atoms with E-state index in [1.54, 1.807) is 18.2 Å². The standard InChI is InChI=1S/C25H29Cl2N3O5S/c26-21-3-2-20(22(27)14-21)16-36(32,33)30-7-5-19(6-8-30)25(31)29-11-9-28(10-12-29)15-18-1-4-23-24(13-18)35-17-34-23/h1-4,13-14,19H,5-12,15-17H2. The van der Waals surface area contributed by atoms with Gasteiger partial charge in [-0.2, -0.15) is 0 Å². The highest BCUT2D eigenvalue weighted by Gasteiger charge is 2.34. The van der Waals surface area contributed by atoms with Gasteiger partial charge in [0, 0.05) is 61.8 Å². The number of sulfonamides is 1. The van der Waals surface area contributed by atoms with Gasteiger partial charge in [-0.05, 0) is 48.2 Å².